The number of nitrogens with two attached hydrogens (primary N) is 1. The van der Waals surface area contributed by atoms with Crippen LogP contribution in [0.1, 0.15) is 39.2 Å². The smallest absolute Gasteiger partial charge is 0.241 e. The Hall–Kier alpha value is -0.620. The molecule has 0 atom stereocenters. The van der Waals surface area contributed by atoms with E-state index in [9.17, 15) is 8.42 Å². The summed E-state index contributed by atoms with van der Waals surface area (Å²) in [7, 11) is -3.55. The third-order valence-corrected chi connectivity index (χ3v) is 4.90. The van der Waals surface area contributed by atoms with Gasteiger partial charge >= 0.3 is 0 Å². The molecule has 0 aromatic heterocycles. The Kier molecular flexibility index (Phi) is 5.38. The zero-order chi connectivity index (χ0) is 14.7. The lowest BCUT2D eigenvalue weighted by molar-refractivity contribution is 0.417. The number of nitrogens with one attached hydrogen (secondary N) is 1. The SMILES string of the molecule is CCCC(C)(C)NS(=O)(=O)c1ccc(Cl)c(CN)c1. The molecule has 0 saturated heterocycles. The van der Waals surface area contributed by atoms with Crippen molar-refractivity contribution in [1.82, 2.24) is 4.72 Å². The largest absolute Gasteiger partial charge is 0.326 e. The van der Waals surface area contributed by atoms with E-state index in [1.807, 2.05) is 20.8 Å². The average molecular weight is 305 g/mol. The Morgan fingerprint density at radius 2 is 2.00 bits per heavy atom. The number of hydrogen-bond acceptors (Lipinski definition) is 3. The Balaban J connectivity index is 3.07. The Morgan fingerprint density at radius 3 is 2.53 bits per heavy atom. The van der Waals surface area contributed by atoms with Crippen LogP contribution in [0.4, 0.5) is 0 Å². The van der Waals surface area contributed by atoms with Gasteiger partial charge in [0, 0.05) is 17.1 Å². The second kappa shape index (κ2) is 6.22. The van der Waals surface area contributed by atoms with E-state index in [1.165, 1.54) is 12.1 Å². The van der Waals surface area contributed by atoms with E-state index in [0.29, 0.717) is 10.6 Å². The summed E-state index contributed by atoms with van der Waals surface area (Å²) in [6.07, 6.45) is 1.67. The molecule has 0 fully saturated rings. The summed E-state index contributed by atoms with van der Waals surface area (Å²) in [5.41, 5.74) is 5.68. The maximum absolute atomic E-state index is 12.3. The van der Waals surface area contributed by atoms with E-state index in [-0.39, 0.29) is 11.4 Å². The Morgan fingerprint density at radius 1 is 1.37 bits per heavy atom. The lowest BCUT2D eigenvalue weighted by atomic mass is 10.0. The van der Waals surface area contributed by atoms with Crippen LogP contribution in [-0.4, -0.2) is 14.0 Å². The van der Waals surface area contributed by atoms with Crippen molar-refractivity contribution in [3.63, 3.8) is 0 Å². The standard InChI is InChI=1S/C13H21ClN2O2S/c1-4-7-13(2,3)16-19(17,18)11-5-6-12(14)10(8-11)9-15/h5-6,8,16H,4,7,9,15H2,1-3H3. The maximum Gasteiger partial charge on any atom is 0.241 e. The van der Waals surface area contributed by atoms with Gasteiger partial charge in [0.1, 0.15) is 0 Å². The van der Waals surface area contributed by atoms with Crippen LogP contribution in [0.2, 0.25) is 5.02 Å². The first kappa shape index (κ1) is 16.4. The quantitative estimate of drug-likeness (QED) is 0.848. The van der Waals surface area contributed by atoms with Crippen molar-refractivity contribution in [2.24, 2.45) is 5.73 Å². The molecular formula is C13H21ClN2O2S. The summed E-state index contributed by atoms with van der Waals surface area (Å²) in [6, 6.07) is 4.57. The van der Waals surface area contributed by atoms with E-state index >= 15 is 0 Å². The van der Waals surface area contributed by atoms with Crippen molar-refractivity contribution in [3.05, 3.63) is 28.8 Å². The predicted molar refractivity (Wildman–Crippen MR) is 78.7 cm³/mol. The van der Waals surface area contributed by atoms with Crippen LogP contribution in [0.3, 0.4) is 0 Å². The predicted octanol–water partition coefficient (Wildman–Crippen LogP) is 2.66. The molecule has 0 radical (unpaired) electrons. The molecule has 0 unspecified atom stereocenters. The summed E-state index contributed by atoms with van der Waals surface area (Å²) in [4.78, 5) is 0.196. The summed E-state index contributed by atoms with van der Waals surface area (Å²) in [6.45, 7) is 5.97. The van der Waals surface area contributed by atoms with Gasteiger partial charge in [-0.25, -0.2) is 13.1 Å². The minimum absolute atomic E-state index is 0.196. The van der Waals surface area contributed by atoms with Gasteiger partial charge in [-0.15, -0.1) is 0 Å². The summed E-state index contributed by atoms with van der Waals surface area (Å²) < 4.78 is 27.3. The zero-order valence-electron chi connectivity index (χ0n) is 11.5. The highest BCUT2D eigenvalue weighted by molar-refractivity contribution is 7.89. The van der Waals surface area contributed by atoms with E-state index in [0.717, 1.165) is 12.8 Å². The molecule has 4 nitrogen and oxygen atoms in total. The highest BCUT2D eigenvalue weighted by Crippen LogP contribution is 2.22. The molecule has 0 amide bonds. The molecule has 1 rings (SSSR count). The van der Waals surface area contributed by atoms with E-state index < -0.39 is 15.6 Å². The molecule has 0 spiro atoms. The monoisotopic (exact) mass is 304 g/mol. The van der Waals surface area contributed by atoms with Crippen molar-refractivity contribution >= 4 is 21.6 Å². The topological polar surface area (TPSA) is 72.2 Å². The van der Waals surface area contributed by atoms with Gasteiger partial charge < -0.3 is 5.73 Å². The average Bonchev–Trinajstić information content (AvgIpc) is 2.27. The first-order chi connectivity index (χ1) is 8.72. The van der Waals surface area contributed by atoms with Crippen LogP contribution in [0, 0.1) is 0 Å². The van der Waals surface area contributed by atoms with Crippen molar-refractivity contribution in [1.29, 1.82) is 0 Å². The molecule has 0 heterocycles. The van der Waals surface area contributed by atoms with Crippen LogP contribution in [0.15, 0.2) is 23.1 Å². The van der Waals surface area contributed by atoms with Crippen molar-refractivity contribution in [2.75, 3.05) is 0 Å². The molecule has 19 heavy (non-hydrogen) atoms. The summed E-state index contributed by atoms with van der Waals surface area (Å²) in [5.74, 6) is 0. The van der Waals surface area contributed by atoms with Crippen LogP contribution >= 0.6 is 11.6 Å². The molecule has 3 N–H and O–H groups in total. The van der Waals surface area contributed by atoms with Crippen molar-refractivity contribution in [3.8, 4) is 0 Å². The van der Waals surface area contributed by atoms with E-state index in [1.54, 1.807) is 6.07 Å². The second-order valence-corrected chi connectivity index (χ2v) is 7.29. The van der Waals surface area contributed by atoms with Crippen molar-refractivity contribution < 1.29 is 8.42 Å². The van der Waals surface area contributed by atoms with E-state index in [2.05, 4.69) is 4.72 Å². The molecule has 1 aromatic carbocycles. The molecule has 1 aromatic rings. The molecule has 0 aliphatic carbocycles. The molecule has 0 aliphatic heterocycles. The molecular weight excluding hydrogens is 284 g/mol. The normalized spacial score (nSPS) is 12.7. The third-order valence-electron chi connectivity index (χ3n) is 2.83. The van der Waals surface area contributed by atoms with Gasteiger partial charge in [-0.1, -0.05) is 24.9 Å². The van der Waals surface area contributed by atoms with Crippen LogP contribution < -0.4 is 10.5 Å². The molecule has 108 valence electrons. The van der Waals surface area contributed by atoms with Gasteiger partial charge in [0.05, 0.1) is 4.90 Å². The lowest BCUT2D eigenvalue weighted by Crippen LogP contribution is -2.43. The van der Waals surface area contributed by atoms with Gasteiger partial charge in [-0.05, 0) is 44.0 Å². The highest BCUT2D eigenvalue weighted by atomic mass is 35.5. The minimum Gasteiger partial charge on any atom is -0.326 e. The zero-order valence-corrected chi connectivity index (χ0v) is 13.1. The molecule has 6 heteroatoms. The molecule has 0 saturated carbocycles. The van der Waals surface area contributed by atoms with Crippen LogP contribution in [-0.2, 0) is 16.6 Å². The first-order valence-corrected chi connectivity index (χ1v) is 8.10. The number of hydrogen-bond donors (Lipinski definition) is 2. The van der Waals surface area contributed by atoms with Crippen molar-refractivity contribution in [2.45, 2.75) is 50.6 Å². The first-order valence-electron chi connectivity index (χ1n) is 6.24. The fourth-order valence-corrected chi connectivity index (χ4v) is 3.66. The lowest BCUT2D eigenvalue weighted by Gasteiger charge is -2.25. The van der Waals surface area contributed by atoms with Crippen LogP contribution in [0.5, 0.6) is 0 Å². The molecule has 0 aliphatic rings. The Bertz CT molecular complexity index is 542. The van der Waals surface area contributed by atoms with Gasteiger partial charge in [-0.3, -0.25) is 0 Å². The number of sulfonamides is 1. The fraction of sp³-hybridized carbons (Fsp3) is 0.538. The third kappa shape index (κ3) is 4.45. The van der Waals surface area contributed by atoms with Gasteiger partial charge in [0.2, 0.25) is 10.0 Å². The van der Waals surface area contributed by atoms with E-state index in [4.69, 9.17) is 17.3 Å². The summed E-state index contributed by atoms with van der Waals surface area (Å²) >= 11 is 5.93. The number of halogens is 1. The fourth-order valence-electron chi connectivity index (χ4n) is 1.97. The Labute approximate surface area is 120 Å². The van der Waals surface area contributed by atoms with Crippen LogP contribution in [0.25, 0.3) is 0 Å². The van der Waals surface area contributed by atoms with Gasteiger partial charge in [0.25, 0.3) is 0 Å². The highest BCUT2D eigenvalue weighted by Gasteiger charge is 2.25. The summed E-state index contributed by atoms with van der Waals surface area (Å²) in [5, 5.41) is 0.481. The second-order valence-electron chi connectivity index (χ2n) is 5.20. The maximum atomic E-state index is 12.3. The minimum atomic E-state index is -3.55. The number of benzene rings is 1. The van der Waals surface area contributed by atoms with Gasteiger partial charge in [0.15, 0.2) is 0 Å². The number of rotatable bonds is 6. The molecule has 0 bridgehead atoms. The van der Waals surface area contributed by atoms with Gasteiger partial charge in [-0.2, -0.15) is 0 Å².